The first-order valence-electron chi connectivity index (χ1n) is 4.22. The summed E-state index contributed by atoms with van der Waals surface area (Å²) >= 11 is 0. The lowest BCUT2D eigenvalue weighted by molar-refractivity contribution is 0.624. The molecule has 0 aromatic heterocycles. The summed E-state index contributed by atoms with van der Waals surface area (Å²) in [6.07, 6.45) is 4.03. The highest BCUT2D eigenvalue weighted by molar-refractivity contribution is 5.58. The average molecular weight is 178 g/mol. The van der Waals surface area contributed by atoms with E-state index in [0.717, 1.165) is 13.1 Å². The summed E-state index contributed by atoms with van der Waals surface area (Å²) in [5.74, 6) is -0.210. The first kappa shape index (κ1) is 8.10. The Labute approximate surface area is 76.5 Å². The lowest BCUT2D eigenvalue weighted by atomic mass is 10.2. The van der Waals surface area contributed by atoms with Crippen LogP contribution in [0.3, 0.4) is 0 Å². The minimum Gasteiger partial charge on any atom is -0.399 e. The highest BCUT2D eigenvalue weighted by Gasteiger charge is 2.12. The van der Waals surface area contributed by atoms with Crippen molar-refractivity contribution >= 4 is 11.4 Å². The van der Waals surface area contributed by atoms with Gasteiger partial charge >= 0.3 is 0 Å². The van der Waals surface area contributed by atoms with Gasteiger partial charge in [-0.25, -0.2) is 4.39 Å². The SMILES string of the molecule is Nc1ccc(F)c(N2CC=CC2)c1. The highest BCUT2D eigenvalue weighted by atomic mass is 19.1. The number of benzene rings is 1. The fourth-order valence-corrected chi connectivity index (χ4v) is 1.45. The zero-order chi connectivity index (χ0) is 9.26. The molecular formula is C10H11FN2. The number of hydrogen-bond donors (Lipinski definition) is 1. The number of anilines is 2. The third kappa shape index (κ3) is 1.49. The maximum atomic E-state index is 13.3. The molecule has 1 aromatic carbocycles. The molecule has 1 aliphatic rings. The van der Waals surface area contributed by atoms with Crippen molar-refractivity contribution in [3.05, 3.63) is 36.2 Å². The van der Waals surface area contributed by atoms with Crippen molar-refractivity contribution in [2.75, 3.05) is 23.7 Å². The molecule has 3 heteroatoms. The molecule has 0 fully saturated rings. The smallest absolute Gasteiger partial charge is 0.146 e. The van der Waals surface area contributed by atoms with Gasteiger partial charge in [-0.15, -0.1) is 0 Å². The number of nitrogens with two attached hydrogens (primary N) is 1. The van der Waals surface area contributed by atoms with Gasteiger partial charge in [-0.2, -0.15) is 0 Å². The second-order valence-electron chi connectivity index (χ2n) is 3.09. The number of halogens is 1. The Kier molecular flexibility index (Phi) is 1.93. The highest BCUT2D eigenvalue weighted by Crippen LogP contribution is 2.23. The van der Waals surface area contributed by atoms with Crippen LogP contribution in [-0.2, 0) is 0 Å². The minimum atomic E-state index is -0.210. The second-order valence-corrected chi connectivity index (χ2v) is 3.09. The van der Waals surface area contributed by atoms with Crippen molar-refractivity contribution in [1.29, 1.82) is 0 Å². The van der Waals surface area contributed by atoms with Crippen LogP contribution in [0.5, 0.6) is 0 Å². The Bertz CT molecular complexity index is 339. The molecule has 0 atom stereocenters. The summed E-state index contributed by atoms with van der Waals surface area (Å²) in [6.45, 7) is 1.53. The molecule has 13 heavy (non-hydrogen) atoms. The molecule has 0 unspecified atom stereocenters. The van der Waals surface area contributed by atoms with Crippen LogP contribution in [0.25, 0.3) is 0 Å². The molecule has 0 spiro atoms. The van der Waals surface area contributed by atoms with Gasteiger partial charge in [0, 0.05) is 18.8 Å². The largest absolute Gasteiger partial charge is 0.399 e. The normalized spacial score (nSPS) is 15.3. The molecule has 1 aliphatic heterocycles. The number of rotatable bonds is 1. The fourth-order valence-electron chi connectivity index (χ4n) is 1.45. The van der Waals surface area contributed by atoms with E-state index < -0.39 is 0 Å². The van der Waals surface area contributed by atoms with E-state index in [-0.39, 0.29) is 5.82 Å². The van der Waals surface area contributed by atoms with Crippen molar-refractivity contribution < 1.29 is 4.39 Å². The van der Waals surface area contributed by atoms with Gasteiger partial charge in [-0.3, -0.25) is 0 Å². The molecule has 0 saturated heterocycles. The quantitative estimate of drug-likeness (QED) is 0.524. The summed E-state index contributed by atoms with van der Waals surface area (Å²) in [4.78, 5) is 1.94. The number of hydrogen-bond acceptors (Lipinski definition) is 2. The van der Waals surface area contributed by atoms with Crippen LogP contribution in [0, 0.1) is 5.82 Å². The maximum Gasteiger partial charge on any atom is 0.146 e. The van der Waals surface area contributed by atoms with Crippen molar-refractivity contribution in [3.8, 4) is 0 Å². The molecule has 2 N–H and O–H groups in total. The van der Waals surface area contributed by atoms with E-state index in [4.69, 9.17) is 5.73 Å². The summed E-state index contributed by atoms with van der Waals surface area (Å²) in [7, 11) is 0. The maximum absolute atomic E-state index is 13.3. The Hall–Kier alpha value is -1.51. The molecule has 0 amide bonds. The van der Waals surface area contributed by atoms with Gasteiger partial charge in [0.25, 0.3) is 0 Å². The van der Waals surface area contributed by atoms with E-state index in [1.165, 1.54) is 6.07 Å². The zero-order valence-corrected chi connectivity index (χ0v) is 7.20. The average Bonchev–Trinajstić information content (AvgIpc) is 2.61. The number of nitrogens with zero attached hydrogens (tertiary/aromatic N) is 1. The predicted molar refractivity (Wildman–Crippen MR) is 52.2 cm³/mol. The van der Waals surface area contributed by atoms with E-state index in [9.17, 15) is 4.39 Å². The molecule has 0 bridgehead atoms. The molecule has 2 nitrogen and oxygen atoms in total. The Morgan fingerprint density at radius 2 is 1.92 bits per heavy atom. The van der Waals surface area contributed by atoms with Crippen molar-refractivity contribution in [2.45, 2.75) is 0 Å². The standard InChI is InChI=1S/C10H11FN2/c11-9-4-3-8(12)7-10(9)13-5-1-2-6-13/h1-4,7H,5-6,12H2. The van der Waals surface area contributed by atoms with Crippen LogP contribution < -0.4 is 10.6 Å². The Morgan fingerprint density at radius 1 is 1.23 bits per heavy atom. The third-order valence-electron chi connectivity index (χ3n) is 2.13. The van der Waals surface area contributed by atoms with Crippen LogP contribution >= 0.6 is 0 Å². The summed E-state index contributed by atoms with van der Waals surface area (Å²) < 4.78 is 13.3. The third-order valence-corrected chi connectivity index (χ3v) is 2.13. The van der Waals surface area contributed by atoms with Crippen LogP contribution in [0.4, 0.5) is 15.8 Å². The van der Waals surface area contributed by atoms with Crippen molar-refractivity contribution in [1.82, 2.24) is 0 Å². The molecule has 0 aliphatic carbocycles. The van der Waals surface area contributed by atoms with Crippen molar-refractivity contribution in [3.63, 3.8) is 0 Å². The molecular weight excluding hydrogens is 167 g/mol. The topological polar surface area (TPSA) is 29.3 Å². The lowest BCUT2D eigenvalue weighted by Crippen LogP contribution is -2.19. The van der Waals surface area contributed by atoms with E-state index >= 15 is 0 Å². The van der Waals surface area contributed by atoms with Gasteiger partial charge in [0.15, 0.2) is 0 Å². The lowest BCUT2D eigenvalue weighted by Gasteiger charge is -2.18. The van der Waals surface area contributed by atoms with E-state index in [1.54, 1.807) is 12.1 Å². The van der Waals surface area contributed by atoms with Gasteiger partial charge in [0.2, 0.25) is 0 Å². The predicted octanol–water partition coefficient (Wildman–Crippen LogP) is 1.78. The Morgan fingerprint density at radius 3 is 2.62 bits per heavy atom. The van der Waals surface area contributed by atoms with E-state index in [2.05, 4.69) is 0 Å². The van der Waals surface area contributed by atoms with Gasteiger partial charge in [-0.05, 0) is 18.2 Å². The van der Waals surface area contributed by atoms with Gasteiger partial charge in [-0.1, -0.05) is 12.2 Å². The molecule has 68 valence electrons. The molecule has 1 aromatic rings. The molecule has 0 saturated carbocycles. The zero-order valence-electron chi connectivity index (χ0n) is 7.20. The van der Waals surface area contributed by atoms with Crippen molar-refractivity contribution in [2.24, 2.45) is 0 Å². The number of nitrogen functional groups attached to an aromatic ring is 1. The van der Waals surface area contributed by atoms with E-state index in [0.29, 0.717) is 11.4 Å². The molecule has 1 heterocycles. The summed E-state index contributed by atoms with van der Waals surface area (Å²) in [5, 5.41) is 0. The van der Waals surface area contributed by atoms with Crippen LogP contribution in [0.2, 0.25) is 0 Å². The van der Waals surface area contributed by atoms with Gasteiger partial charge in [0.1, 0.15) is 5.82 Å². The van der Waals surface area contributed by atoms with Gasteiger partial charge < -0.3 is 10.6 Å². The molecule has 0 radical (unpaired) electrons. The monoisotopic (exact) mass is 178 g/mol. The fraction of sp³-hybridized carbons (Fsp3) is 0.200. The van der Waals surface area contributed by atoms with Crippen LogP contribution in [-0.4, -0.2) is 13.1 Å². The van der Waals surface area contributed by atoms with E-state index in [1.807, 2.05) is 17.1 Å². The summed E-state index contributed by atoms with van der Waals surface area (Å²) in [6, 6.07) is 4.65. The molecule has 2 rings (SSSR count). The summed E-state index contributed by atoms with van der Waals surface area (Å²) in [5.41, 5.74) is 6.77. The first-order valence-corrected chi connectivity index (χ1v) is 4.22. The Balaban J connectivity index is 2.33. The van der Waals surface area contributed by atoms with Crippen LogP contribution in [0.15, 0.2) is 30.4 Å². The van der Waals surface area contributed by atoms with Crippen LogP contribution in [0.1, 0.15) is 0 Å². The second kappa shape index (κ2) is 3.09. The minimum absolute atomic E-state index is 0.210. The van der Waals surface area contributed by atoms with Gasteiger partial charge in [0.05, 0.1) is 5.69 Å². The first-order chi connectivity index (χ1) is 6.27.